The topological polar surface area (TPSA) is 38.8 Å². The summed E-state index contributed by atoms with van der Waals surface area (Å²) in [6.07, 6.45) is 0.672. The van der Waals surface area contributed by atoms with Gasteiger partial charge in [-0.2, -0.15) is 0 Å². The fourth-order valence-corrected chi connectivity index (χ4v) is 2.78. The molecule has 24 heavy (non-hydrogen) atoms. The van der Waals surface area contributed by atoms with Gasteiger partial charge in [0, 0.05) is 18.0 Å². The number of nitrogens with zero attached hydrogens (tertiary/aromatic N) is 1. The van der Waals surface area contributed by atoms with E-state index in [-0.39, 0.29) is 11.7 Å². The molecule has 0 fully saturated rings. The Morgan fingerprint density at radius 1 is 1.00 bits per heavy atom. The van der Waals surface area contributed by atoms with Crippen LogP contribution >= 0.6 is 0 Å². The van der Waals surface area contributed by atoms with Gasteiger partial charge in [-0.05, 0) is 50.3 Å². The third-order valence-electron chi connectivity index (χ3n) is 3.93. The van der Waals surface area contributed by atoms with Gasteiger partial charge in [0.05, 0.1) is 14.2 Å². The van der Waals surface area contributed by atoms with E-state index in [4.69, 9.17) is 9.47 Å². The van der Waals surface area contributed by atoms with E-state index in [1.54, 1.807) is 20.3 Å². The largest absolute Gasteiger partial charge is 0.497 e. The van der Waals surface area contributed by atoms with E-state index in [2.05, 4.69) is 0 Å². The molecule has 0 spiro atoms. The summed E-state index contributed by atoms with van der Waals surface area (Å²) in [6.45, 7) is 0.688. The molecule has 0 bridgehead atoms. The van der Waals surface area contributed by atoms with E-state index >= 15 is 0 Å². The third-order valence-corrected chi connectivity index (χ3v) is 3.93. The normalized spacial score (nSPS) is 12.0. The molecule has 1 atom stereocenters. The Kier molecular flexibility index (Phi) is 6.38. The summed E-state index contributed by atoms with van der Waals surface area (Å²) in [5, 5.41) is 0. The van der Waals surface area contributed by atoms with Crippen molar-refractivity contribution in [3.8, 4) is 11.5 Å². The summed E-state index contributed by atoms with van der Waals surface area (Å²) in [4.78, 5) is 15.0. The molecular weight excluding hydrogens is 302 g/mol. The zero-order chi connectivity index (χ0) is 17.5. The van der Waals surface area contributed by atoms with Gasteiger partial charge < -0.3 is 14.4 Å². The van der Waals surface area contributed by atoms with Gasteiger partial charge in [0.15, 0.2) is 5.78 Å². The highest BCUT2D eigenvalue weighted by Gasteiger charge is 2.22. The Morgan fingerprint density at radius 3 is 2.25 bits per heavy atom. The molecule has 0 aliphatic heterocycles. The maximum absolute atomic E-state index is 13.0. The van der Waals surface area contributed by atoms with Gasteiger partial charge in [0.25, 0.3) is 0 Å². The fraction of sp³-hybridized carbons (Fsp3) is 0.350. The Bertz CT molecular complexity index is 682. The summed E-state index contributed by atoms with van der Waals surface area (Å²) < 4.78 is 10.5. The predicted octanol–water partition coefficient (Wildman–Crippen LogP) is 3.31. The van der Waals surface area contributed by atoms with Gasteiger partial charge in [-0.15, -0.1) is 0 Å². The number of carbonyl (C=O) groups excluding carboxylic acids is 1. The summed E-state index contributed by atoms with van der Waals surface area (Å²) >= 11 is 0. The van der Waals surface area contributed by atoms with E-state index in [0.717, 1.165) is 11.3 Å². The summed E-state index contributed by atoms with van der Waals surface area (Å²) in [5.74, 6) is 1.51. The maximum Gasteiger partial charge on any atom is 0.167 e. The van der Waals surface area contributed by atoms with Crippen molar-refractivity contribution in [2.24, 2.45) is 5.92 Å². The first kappa shape index (κ1) is 18.0. The van der Waals surface area contributed by atoms with Crippen LogP contribution in [0.1, 0.15) is 15.9 Å². The second-order valence-electron chi connectivity index (χ2n) is 6.11. The van der Waals surface area contributed by atoms with Crippen LogP contribution in [-0.2, 0) is 6.42 Å². The molecule has 0 radical (unpaired) electrons. The van der Waals surface area contributed by atoms with Crippen LogP contribution in [-0.4, -0.2) is 45.5 Å². The molecule has 0 unspecified atom stereocenters. The van der Waals surface area contributed by atoms with Crippen LogP contribution < -0.4 is 9.47 Å². The highest BCUT2D eigenvalue weighted by Crippen LogP contribution is 2.21. The third kappa shape index (κ3) is 4.83. The first-order valence-corrected chi connectivity index (χ1v) is 7.99. The van der Waals surface area contributed by atoms with Crippen LogP contribution in [0.15, 0.2) is 48.5 Å². The molecule has 2 rings (SSSR count). The Balaban J connectivity index is 2.24. The zero-order valence-electron chi connectivity index (χ0n) is 14.8. The number of ketones is 1. The number of methoxy groups -OCH3 is 2. The Hall–Kier alpha value is -2.33. The minimum Gasteiger partial charge on any atom is -0.497 e. The van der Waals surface area contributed by atoms with Gasteiger partial charge in [0.1, 0.15) is 11.5 Å². The molecule has 0 aliphatic carbocycles. The Morgan fingerprint density at radius 2 is 1.62 bits per heavy atom. The van der Waals surface area contributed by atoms with Crippen molar-refractivity contribution >= 4 is 5.78 Å². The molecule has 0 aromatic heterocycles. The standard InChI is InChI=1S/C20H25NO3/c1-21(2)14-17(11-15-7-5-9-18(12-15)23-3)20(22)16-8-6-10-19(13-16)24-4/h5-10,12-13,17H,11,14H2,1-4H3/t17-/m0/s1. The first-order valence-electron chi connectivity index (χ1n) is 7.99. The lowest BCUT2D eigenvalue weighted by Crippen LogP contribution is -2.29. The van der Waals surface area contributed by atoms with Crippen molar-refractivity contribution in [3.05, 3.63) is 59.7 Å². The molecule has 128 valence electrons. The van der Waals surface area contributed by atoms with Gasteiger partial charge >= 0.3 is 0 Å². The number of hydrogen-bond donors (Lipinski definition) is 0. The smallest absolute Gasteiger partial charge is 0.167 e. The predicted molar refractivity (Wildman–Crippen MR) is 96.1 cm³/mol. The monoisotopic (exact) mass is 327 g/mol. The van der Waals surface area contributed by atoms with Crippen LogP contribution in [0, 0.1) is 5.92 Å². The highest BCUT2D eigenvalue weighted by atomic mass is 16.5. The van der Waals surface area contributed by atoms with Crippen LogP contribution in [0.3, 0.4) is 0 Å². The van der Waals surface area contributed by atoms with Crippen LogP contribution in [0.4, 0.5) is 0 Å². The van der Waals surface area contributed by atoms with E-state index in [9.17, 15) is 4.79 Å². The van der Waals surface area contributed by atoms with Crippen molar-refractivity contribution in [3.63, 3.8) is 0 Å². The average molecular weight is 327 g/mol. The quantitative estimate of drug-likeness (QED) is 0.697. The number of ether oxygens (including phenoxy) is 2. The van der Waals surface area contributed by atoms with Gasteiger partial charge in [0.2, 0.25) is 0 Å². The van der Waals surface area contributed by atoms with Crippen molar-refractivity contribution in [1.82, 2.24) is 4.90 Å². The molecule has 2 aromatic rings. The van der Waals surface area contributed by atoms with E-state index in [0.29, 0.717) is 24.3 Å². The second kappa shape index (κ2) is 8.50. The lowest BCUT2D eigenvalue weighted by Gasteiger charge is -2.20. The number of rotatable bonds is 8. The van der Waals surface area contributed by atoms with Crippen molar-refractivity contribution in [1.29, 1.82) is 0 Å². The maximum atomic E-state index is 13.0. The minimum atomic E-state index is -0.126. The van der Waals surface area contributed by atoms with Gasteiger partial charge in [-0.1, -0.05) is 24.3 Å². The number of hydrogen-bond acceptors (Lipinski definition) is 4. The molecule has 0 amide bonds. The summed E-state index contributed by atoms with van der Waals surface area (Å²) in [7, 11) is 7.23. The summed E-state index contributed by atoms with van der Waals surface area (Å²) in [6, 6.07) is 15.2. The van der Waals surface area contributed by atoms with E-state index in [1.807, 2.05) is 61.5 Å². The molecule has 0 saturated carbocycles. The SMILES string of the molecule is COc1cccc(C[C@@H](CN(C)C)C(=O)c2cccc(OC)c2)c1. The molecule has 0 aliphatic rings. The number of benzene rings is 2. The highest BCUT2D eigenvalue weighted by molar-refractivity contribution is 5.98. The molecule has 0 saturated heterocycles. The average Bonchev–Trinajstić information content (AvgIpc) is 2.60. The summed E-state index contributed by atoms with van der Waals surface area (Å²) in [5.41, 5.74) is 1.78. The van der Waals surface area contributed by atoms with Crippen molar-refractivity contribution in [2.45, 2.75) is 6.42 Å². The van der Waals surface area contributed by atoms with E-state index < -0.39 is 0 Å². The first-order chi connectivity index (χ1) is 11.5. The van der Waals surface area contributed by atoms with Crippen LogP contribution in [0.5, 0.6) is 11.5 Å². The molecular formula is C20H25NO3. The van der Waals surface area contributed by atoms with Crippen LogP contribution in [0.2, 0.25) is 0 Å². The van der Waals surface area contributed by atoms with E-state index in [1.165, 1.54) is 0 Å². The lowest BCUT2D eigenvalue weighted by atomic mass is 9.90. The van der Waals surface area contributed by atoms with Crippen LogP contribution in [0.25, 0.3) is 0 Å². The molecule has 2 aromatic carbocycles. The minimum absolute atomic E-state index is 0.126. The second-order valence-corrected chi connectivity index (χ2v) is 6.11. The zero-order valence-corrected chi connectivity index (χ0v) is 14.8. The van der Waals surface area contributed by atoms with Gasteiger partial charge in [-0.3, -0.25) is 4.79 Å². The van der Waals surface area contributed by atoms with Gasteiger partial charge in [-0.25, -0.2) is 0 Å². The fourth-order valence-electron chi connectivity index (χ4n) is 2.78. The molecule has 4 nitrogen and oxygen atoms in total. The lowest BCUT2D eigenvalue weighted by molar-refractivity contribution is 0.0896. The number of Topliss-reactive ketones (excluding diaryl/α,β-unsaturated/α-hetero) is 1. The van der Waals surface area contributed by atoms with Crippen molar-refractivity contribution < 1.29 is 14.3 Å². The molecule has 0 heterocycles. The molecule has 0 N–H and O–H groups in total. The number of carbonyl (C=O) groups is 1. The van der Waals surface area contributed by atoms with Crippen molar-refractivity contribution in [2.75, 3.05) is 34.9 Å². The Labute approximate surface area is 144 Å². The molecule has 4 heteroatoms.